The Morgan fingerprint density at radius 3 is 2.53 bits per heavy atom. The molecule has 0 spiro atoms. The van der Waals surface area contributed by atoms with Gasteiger partial charge in [-0.1, -0.05) is 61.7 Å². The van der Waals surface area contributed by atoms with E-state index in [1.807, 2.05) is 24.3 Å². The SMILES string of the molecule is CCCCCOc1ccc(C2c3c(oc4ccccc4c3=O)C(=O)N2c2cccc(Cl)c2)cc1. The molecule has 1 atom stereocenters. The van der Waals surface area contributed by atoms with Gasteiger partial charge in [-0.3, -0.25) is 14.5 Å². The molecule has 4 aromatic rings. The number of hydrogen-bond acceptors (Lipinski definition) is 4. The lowest BCUT2D eigenvalue weighted by Gasteiger charge is -2.25. The zero-order valence-corrected chi connectivity index (χ0v) is 19.5. The van der Waals surface area contributed by atoms with E-state index in [1.165, 1.54) is 0 Å². The van der Waals surface area contributed by atoms with E-state index in [0.717, 1.165) is 30.6 Å². The number of rotatable bonds is 7. The lowest BCUT2D eigenvalue weighted by atomic mass is 9.98. The van der Waals surface area contributed by atoms with E-state index in [2.05, 4.69) is 6.92 Å². The molecule has 0 aliphatic carbocycles. The van der Waals surface area contributed by atoms with Crippen LogP contribution in [0.5, 0.6) is 5.75 Å². The molecule has 1 aromatic heterocycles. The van der Waals surface area contributed by atoms with Crippen LogP contribution in [-0.2, 0) is 0 Å². The van der Waals surface area contributed by atoms with E-state index in [0.29, 0.717) is 33.8 Å². The molecule has 172 valence electrons. The molecule has 0 saturated heterocycles. The fourth-order valence-electron chi connectivity index (χ4n) is 4.42. The monoisotopic (exact) mass is 473 g/mol. The average Bonchev–Trinajstić information content (AvgIpc) is 3.15. The number of halogens is 1. The van der Waals surface area contributed by atoms with Gasteiger partial charge in [-0.05, 0) is 54.4 Å². The lowest BCUT2D eigenvalue weighted by molar-refractivity contribution is 0.0971. The molecule has 1 aliphatic heterocycles. The van der Waals surface area contributed by atoms with Crippen molar-refractivity contribution >= 4 is 34.2 Å². The minimum atomic E-state index is -0.643. The third-order valence-electron chi connectivity index (χ3n) is 6.08. The maximum absolute atomic E-state index is 13.6. The summed E-state index contributed by atoms with van der Waals surface area (Å²) in [6.07, 6.45) is 3.25. The van der Waals surface area contributed by atoms with E-state index in [4.69, 9.17) is 20.8 Å². The fourth-order valence-corrected chi connectivity index (χ4v) is 4.60. The molecule has 1 aliphatic rings. The molecule has 3 aromatic carbocycles. The molecule has 1 unspecified atom stereocenters. The van der Waals surface area contributed by atoms with Crippen LogP contribution in [0.1, 0.15) is 53.9 Å². The van der Waals surface area contributed by atoms with Crippen LogP contribution in [0.15, 0.2) is 82.0 Å². The van der Waals surface area contributed by atoms with Gasteiger partial charge in [-0.2, -0.15) is 0 Å². The van der Waals surface area contributed by atoms with Gasteiger partial charge in [0.25, 0.3) is 5.91 Å². The quantitative estimate of drug-likeness (QED) is 0.278. The Morgan fingerprint density at radius 2 is 1.76 bits per heavy atom. The van der Waals surface area contributed by atoms with Gasteiger partial charge in [0.2, 0.25) is 5.76 Å². The molecule has 0 radical (unpaired) electrons. The first-order chi connectivity index (χ1) is 16.6. The summed E-state index contributed by atoms with van der Waals surface area (Å²) in [5.41, 5.74) is 1.90. The van der Waals surface area contributed by atoms with Crippen LogP contribution in [0.3, 0.4) is 0 Å². The third-order valence-corrected chi connectivity index (χ3v) is 6.31. The number of amides is 1. The molecular weight excluding hydrogens is 450 g/mol. The molecule has 5 nitrogen and oxygen atoms in total. The summed E-state index contributed by atoms with van der Waals surface area (Å²) in [5, 5.41) is 0.947. The van der Waals surface area contributed by atoms with Crippen molar-refractivity contribution in [2.24, 2.45) is 0 Å². The van der Waals surface area contributed by atoms with Crippen molar-refractivity contribution in [3.05, 3.63) is 105 Å². The largest absolute Gasteiger partial charge is 0.494 e. The van der Waals surface area contributed by atoms with Crippen molar-refractivity contribution in [2.45, 2.75) is 32.2 Å². The van der Waals surface area contributed by atoms with E-state index in [9.17, 15) is 9.59 Å². The van der Waals surface area contributed by atoms with Crippen LogP contribution >= 0.6 is 11.6 Å². The van der Waals surface area contributed by atoms with E-state index >= 15 is 0 Å². The van der Waals surface area contributed by atoms with Crippen LogP contribution in [0.25, 0.3) is 11.0 Å². The highest BCUT2D eigenvalue weighted by atomic mass is 35.5. The number of nitrogens with zero attached hydrogens (tertiary/aromatic N) is 1. The summed E-state index contributed by atoms with van der Waals surface area (Å²) in [5.74, 6) is 0.447. The molecule has 34 heavy (non-hydrogen) atoms. The molecule has 2 heterocycles. The Kier molecular flexibility index (Phi) is 6.12. The van der Waals surface area contributed by atoms with Crippen molar-refractivity contribution in [3.8, 4) is 5.75 Å². The Morgan fingerprint density at radius 1 is 0.971 bits per heavy atom. The Balaban J connectivity index is 1.61. The van der Waals surface area contributed by atoms with Crippen LogP contribution in [0, 0.1) is 0 Å². The summed E-state index contributed by atoms with van der Waals surface area (Å²) in [6.45, 7) is 2.81. The number of carbonyl (C=O) groups is 1. The lowest BCUT2D eigenvalue weighted by Crippen LogP contribution is -2.29. The number of unbranched alkanes of at least 4 members (excludes halogenated alkanes) is 2. The Bertz CT molecular complexity index is 1410. The van der Waals surface area contributed by atoms with E-state index < -0.39 is 6.04 Å². The molecule has 6 heteroatoms. The summed E-state index contributed by atoms with van der Waals surface area (Å²) in [6, 6.07) is 20.9. The average molecular weight is 474 g/mol. The summed E-state index contributed by atoms with van der Waals surface area (Å²) < 4.78 is 11.8. The zero-order chi connectivity index (χ0) is 23.7. The highest BCUT2D eigenvalue weighted by molar-refractivity contribution is 6.31. The van der Waals surface area contributed by atoms with Crippen LogP contribution in [0.4, 0.5) is 5.69 Å². The van der Waals surface area contributed by atoms with Gasteiger partial charge in [0.05, 0.1) is 23.6 Å². The number of hydrogen-bond donors (Lipinski definition) is 0. The number of benzene rings is 3. The van der Waals surface area contributed by atoms with Gasteiger partial charge in [-0.25, -0.2) is 0 Å². The smallest absolute Gasteiger partial charge is 0.295 e. The number of ether oxygens (including phenoxy) is 1. The second kappa shape index (κ2) is 9.35. The second-order valence-corrected chi connectivity index (χ2v) is 8.79. The Hall–Kier alpha value is -3.57. The standard InChI is InChI=1S/C28H24ClNO4/c1-2-3-6-16-33-21-14-12-18(13-15-21)25-24-26(31)22-10-4-5-11-23(22)34-27(24)28(32)30(25)20-9-7-8-19(29)17-20/h4-5,7-15,17,25H,2-3,6,16H2,1H3. The second-order valence-electron chi connectivity index (χ2n) is 8.35. The number of fused-ring (bicyclic) bond motifs is 2. The minimum Gasteiger partial charge on any atom is -0.494 e. The summed E-state index contributed by atoms with van der Waals surface area (Å²) in [7, 11) is 0. The predicted octanol–water partition coefficient (Wildman–Crippen LogP) is 6.77. The normalized spacial score (nSPS) is 15.1. The van der Waals surface area contributed by atoms with E-state index in [1.54, 1.807) is 53.4 Å². The molecule has 5 rings (SSSR count). The van der Waals surface area contributed by atoms with Crippen molar-refractivity contribution < 1.29 is 13.9 Å². The van der Waals surface area contributed by atoms with Crippen molar-refractivity contribution in [3.63, 3.8) is 0 Å². The molecule has 0 saturated carbocycles. The van der Waals surface area contributed by atoms with Crippen molar-refractivity contribution in [1.82, 2.24) is 0 Å². The van der Waals surface area contributed by atoms with Crippen LogP contribution in [-0.4, -0.2) is 12.5 Å². The fraction of sp³-hybridized carbons (Fsp3) is 0.214. The molecule has 0 N–H and O–H groups in total. The summed E-state index contributed by atoms with van der Waals surface area (Å²) in [4.78, 5) is 28.7. The topological polar surface area (TPSA) is 59.8 Å². The van der Waals surface area contributed by atoms with Gasteiger partial charge in [0, 0.05) is 10.7 Å². The summed E-state index contributed by atoms with van der Waals surface area (Å²) >= 11 is 6.24. The first-order valence-corrected chi connectivity index (χ1v) is 11.8. The number of anilines is 1. The maximum Gasteiger partial charge on any atom is 0.295 e. The number of para-hydroxylation sites is 1. The van der Waals surface area contributed by atoms with Gasteiger partial charge in [0.1, 0.15) is 11.3 Å². The first kappa shape index (κ1) is 22.2. The molecular formula is C28H24ClNO4. The number of carbonyl (C=O) groups excluding carboxylic acids is 1. The Labute approximate surface area is 202 Å². The van der Waals surface area contributed by atoms with Gasteiger partial charge < -0.3 is 9.15 Å². The minimum absolute atomic E-state index is 0.0635. The van der Waals surface area contributed by atoms with Crippen LogP contribution < -0.4 is 15.1 Å². The maximum atomic E-state index is 13.6. The third kappa shape index (κ3) is 3.97. The van der Waals surface area contributed by atoms with Crippen molar-refractivity contribution in [1.29, 1.82) is 0 Å². The molecule has 1 amide bonds. The predicted molar refractivity (Wildman–Crippen MR) is 134 cm³/mol. The van der Waals surface area contributed by atoms with Crippen molar-refractivity contribution in [2.75, 3.05) is 11.5 Å². The van der Waals surface area contributed by atoms with Gasteiger partial charge in [0.15, 0.2) is 5.43 Å². The zero-order valence-electron chi connectivity index (χ0n) is 18.8. The molecule has 0 bridgehead atoms. The van der Waals surface area contributed by atoms with Gasteiger partial charge >= 0.3 is 0 Å². The van der Waals surface area contributed by atoms with Crippen LogP contribution in [0.2, 0.25) is 5.02 Å². The highest BCUT2D eigenvalue weighted by Crippen LogP contribution is 2.42. The van der Waals surface area contributed by atoms with E-state index in [-0.39, 0.29) is 17.1 Å². The molecule has 0 fully saturated rings. The highest BCUT2D eigenvalue weighted by Gasteiger charge is 2.43. The first-order valence-electron chi connectivity index (χ1n) is 11.5. The van der Waals surface area contributed by atoms with Gasteiger partial charge in [-0.15, -0.1) is 0 Å².